The average molecular weight is 268 g/mol. The van der Waals surface area contributed by atoms with Crippen LogP contribution in [0.3, 0.4) is 0 Å². The smallest absolute Gasteiger partial charge is 0.306 e. The Balaban J connectivity index is 3.20. The van der Waals surface area contributed by atoms with Gasteiger partial charge in [0.1, 0.15) is 6.61 Å². The fraction of sp³-hybridized carbons (Fsp3) is 0.824. The summed E-state index contributed by atoms with van der Waals surface area (Å²) in [7, 11) is 0. The van der Waals surface area contributed by atoms with E-state index in [4.69, 9.17) is 4.74 Å². The second-order valence-electron chi connectivity index (χ2n) is 5.17. The number of rotatable bonds is 13. The molecule has 0 bridgehead atoms. The summed E-state index contributed by atoms with van der Waals surface area (Å²) in [6, 6.07) is 0. The van der Waals surface area contributed by atoms with Crippen molar-refractivity contribution in [3.05, 3.63) is 12.2 Å². The van der Waals surface area contributed by atoms with Crippen LogP contribution in [-0.2, 0) is 9.53 Å². The Bertz CT molecular complexity index is 221. The average Bonchev–Trinajstić information content (AvgIpc) is 2.41. The quantitative estimate of drug-likeness (QED) is 0.253. The number of hydrogen-bond acceptors (Lipinski definition) is 2. The SMILES string of the molecule is CCC/C=C/COC(=O)CCCCCCCCCC. The molecule has 0 N–H and O–H groups in total. The van der Waals surface area contributed by atoms with Crippen molar-refractivity contribution in [1.82, 2.24) is 0 Å². The molecule has 0 saturated heterocycles. The first-order valence-electron chi connectivity index (χ1n) is 8.11. The molecule has 0 aliphatic carbocycles. The van der Waals surface area contributed by atoms with E-state index in [1.54, 1.807) is 0 Å². The van der Waals surface area contributed by atoms with Crippen LogP contribution in [0.15, 0.2) is 12.2 Å². The lowest BCUT2D eigenvalue weighted by Crippen LogP contribution is -2.03. The molecule has 2 nitrogen and oxygen atoms in total. The van der Waals surface area contributed by atoms with E-state index in [9.17, 15) is 4.79 Å². The number of hydrogen-bond donors (Lipinski definition) is 0. The molecule has 19 heavy (non-hydrogen) atoms. The van der Waals surface area contributed by atoms with Gasteiger partial charge in [-0.25, -0.2) is 0 Å². The van der Waals surface area contributed by atoms with Crippen molar-refractivity contribution in [2.24, 2.45) is 0 Å². The number of ether oxygens (including phenoxy) is 1. The Morgan fingerprint density at radius 2 is 1.47 bits per heavy atom. The topological polar surface area (TPSA) is 26.3 Å². The number of esters is 1. The highest BCUT2D eigenvalue weighted by atomic mass is 16.5. The molecule has 0 aliphatic heterocycles. The van der Waals surface area contributed by atoms with Crippen molar-refractivity contribution in [3.63, 3.8) is 0 Å². The monoisotopic (exact) mass is 268 g/mol. The second-order valence-corrected chi connectivity index (χ2v) is 5.17. The summed E-state index contributed by atoms with van der Waals surface area (Å²) in [5, 5.41) is 0. The van der Waals surface area contributed by atoms with Gasteiger partial charge in [0.2, 0.25) is 0 Å². The molecule has 0 aliphatic rings. The van der Waals surface area contributed by atoms with Crippen LogP contribution in [0, 0.1) is 0 Å². The van der Waals surface area contributed by atoms with Crippen LogP contribution in [0.4, 0.5) is 0 Å². The summed E-state index contributed by atoms with van der Waals surface area (Å²) in [5.74, 6) is -0.0490. The zero-order valence-electron chi connectivity index (χ0n) is 13.0. The van der Waals surface area contributed by atoms with Crippen molar-refractivity contribution >= 4 is 5.97 Å². The maximum absolute atomic E-state index is 11.4. The minimum absolute atomic E-state index is 0.0490. The Morgan fingerprint density at radius 3 is 2.11 bits per heavy atom. The third kappa shape index (κ3) is 15.2. The van der Waals surface area contributed by atoms with E-state index >= 15 is 0 Å². The first-order chi connectivity index (χ1) is 9.31. The highest BCUT2D eigenvalue weighted by Crippen LogP contribution is 2.09. The molecule has 0 aromatic rings. The van der Waals surface area contributed by atoms with Gasteiger partial charge >= 0.3 is 5.97 Å². The predicted molar refractivity (Wildman–Crippen MR) is 82.2 cm³/mol. The van der Waals surface area contributed by atoms with Crippen LogP contribution >= 0.6 is 0 Å². The van der Waals surface area contributed by atoms with Crippen LogP contribution in [0.1, 0.15) is 84.5 Å². The number of carbonyl (C=O) groups excluding carboxylic acids is 1. The lowest BCUT2D eigenvalue weighted by molar-refractivity contribution is -0.142. The summed E-state index contributed by atoms with van der Waals surface area (Å²) in [6.07, 6.45) is 16.9. The molecule has 0 fully saturated rings. The molecule has 0 atom stereocenters. The molecule has 0 aromatic heterocycles. The molecule has 0 aromatic carbocycles. The molecule has 112 valence electrons. The fourth-order valence-corrected chi connectivity index (χ4v) is 1.97. The van der Waals surface area contributed by atoms with Crippen molar-refractivity contribution < 1.29 is 9.53 Å². The molecule has 2 heteroatoms. The van der Waals surface area contributed by atoms with E-state index in [0.29, 0.717) is 13.0 Å². The van der Waals surface area contributed by atoms with Gasteiger partial charge in [0, 0.05) is 6.42 Å². The standard InChI is InChI=1S/C17H32O2/c1-3-5-7-9-10-11-12-13-15-17(18)19-16-14-8-6-4-2/h8,14H,3-7,9-13,15-16H2,1-2H3/b14-8+. The van der Waals surface area contributed by atoms with Gasteiger partial charge < -0.3 is 4.74 Å². The van der Waals surface area contributed by atoms with E-state index < -0.39 is 0 Å². The van der Waals surface area contributed by atoms with Crippen LogP contribution in [0.2, 0.25) is 0 Å². The van der Waals surface area contributed by atoms with Crippen LogP contribution in [-0.4, -0.2) is 12.6 Å². The molecule has 0 rings (SSSR count). The van der Waals surface area contributed by atoms with E-state index in [2.05, 4.69) is 19.9 Å². The van der Waals surface area contributed by atoms with E-state index in [-0.39, 0.29) is 5.97 Å². The third-order valence-electron chi connectivity index (χ3n) is 3.20. The Hall–Kier alpha value is -0.790. The van der Waals surface area contributed by atoms with Gasteiger partial charge in [-0.3, -0.25) is 4.79 Å². The highest BCUT2D eigenvalue weighted by molar-refractivity contribution is 5.69. The summed E-state index contributed by atoms with van der Waals surface area (Å²) >= 11 is 0. The molecule has 0 heterocycles. The van der Waals surface area contributed by atoms with Crippen LogP contribution in [0.5, 0.6) is 0 Å². The number of unbranched alkanes of at least 4 members (excludes halogenated alkanes) is 8. The maximum Gasteiger partial charge on any atom is 0.306 e. The van der Waals surface area contributed by atoms with Gasteiger partial charge in [-0.15, -0.1) is 0 Å². The van der Waals surface area contributed by atoms with Crippen molar-refractivity contribution in [2.75, 3.05) is 6.61 Å². The lowest BCUT2D eigenvalue weighted by Gasteiger charge is -2.02. The molecular formula is C17H32O2. The second kappa shape index (κ2) is 15.3. The minimum Gasteiger partial charge on any atom is -0.461 e. The van der Waals surface area contributed by atoms with Crippen molar-refractivity contribution in [2.45, 2.75) is 84.5 Å². The molecule has 0 saturated carbocycles. The van der Waals surface area contributed by atoms with Crippen LogP contribution < -0.4 is 0 Å². The Kier molecular flexibility index (Phi) is 14.6. The molecular weight excluding hydrogens is 236 g/mol. The van der Waals surface area contributed by atoms with Crippen molar-refractivity contribution in [3.8, 4) is 0 Å². The molecule has 0 amide bonds. The van der Waals surface area contributed by atoms with Gasteiger partial charge in [-0.2, -0.15) is 0 Å². The van der Waals surface area contributed by atoms with E-state index in [1.165, 1.54) is 38.5 Å². The molecule has 0 spiro atoms. The first-order valence-corrected chi connectivity index (χ1v) is 8.11. The molecule has 0 radical (unpaired) electrons. The summed E-state index contributed by atoms with van der Waals surface area (Å²) in [5.41, 5.74) is 0. The maximum atomic E-state index is 11.4. The summed E-state index contributed by atoms with van der Waals surface area (Å²) < 4.78 is 5.12. The summed E-state index contributed by atoms with van der Waals surface area (Å²) in [4.78, 5) is 11.4. The van der Waals surface area contributed by atoms with Gasteiger partial charge in [0.15, 0.2) is 0 Å². The van der Waals surface area contributed by atoms with Gasteiger partial charge in [-0.05, 0) is 12.8 Å². The van der Waals surface area contributed by atoms with Gasteiger partial charge in [0.05, 0.1) is 0 Å². The highest BCUT2D eigenvalue weighted by Gasteiger charge is 2.00. The lowest BCUT2D eigenvalue weighted by atomic mass is 10.1. The zero-order chi connectivity index (χ0) is 14.2. The largest absolute Gasteiger partial charge is 0.461 e. The number of allylic oxidation sites excluding steroid dienone is 1. The number of carbonyl (C=O) groups is 1. The summed E-state index contributed by atoms with van der Waals surface area (Å²) in [6.45, 7) is 4.82. The van der Waals surface area contributed by atoms with Crippen LogP contribution in [0.25, 0.3) is 0 Å². The zero-order valence-corrected chi connectivity index (χ0v) is 13.0. The minimum atomic E-state index is -0.0490. The van der Waals surface area contributed by atoms with E-state index in [1.807, 2.05) is 6.08 Å². The first kappa shape index (κ1) is 18.2. The van der Waals surface area contributed by atoms with Gasteiger partial charge in [-0.1, -0.05) is 77.4 Å². The Labute approximate surface area is 119 Å². The predicted octanol–water partition coefficient (Wildman–Crippen LogP) is 5.42. The van der Waals surface area contributed by atoms with Crippen molar-refractivity contribution in [1.29, 1.82) is 0 Å². The Morgan fingerprint density at radius 1 is 0.842 bits per heavy atom. The third-order valence-corrected chi connectivity index (χ3v) is 3.20. The van der Waals surface area contributed by atoms with Gasteiger partial charge in [0.25, 0.3) is 0 Å². The van der Waals surface area contributed by atoms with E-state index in [0.717, 1.165) is 25.7 Å². The molecule has 0 unspecified atom stereocenters. The normalized spacial score (nSPS) is 11.1. The fourth-order valence-electron chi connectivity index (χ4n) is 1.97.